The number of aromatic amines is 1. The molecule has 1 heterocycles. The number of methoxy groups -OCH3 is 1. The highest BCUT2D eigenvalue weighted by molar-refractivity contribution is 5.58. The van der Waals surface area contributed by atoms with E-state index in [9.17, 15) is 4.79 Å². The second-order valence-electron chi connectivity index (χ2n) is 5.42. The maximum Gasteiger partial charge on any atom is 0.251 e. The van der Waals surface area contributed by atoms with Crippen LogP contribution in [0, 0.1) is 6.92 Å². The van der Waals surface area contributed by atoms with Gasteiger partial charge >= 0.3 is 0 Å². The fraction of sp³-hybridized carbons (Fsp3) is 0.375. The van der Waals surface area contributed by atoms with E-state index in [-0.39, 0.29) is 5.56 Å². The van der Waals surface area contributed by atoms with E-state index in [0.29, 0.717) is 18.4 Å². The van der Waals surface area contributed by atoms with Crippen LogP contribution in [0.2, 0.25) is 0 Å². The third-order valence-electron chi connectivity index (χ3n) is 3.61. The molecule has 0 radical (unpaired) electrons. The van der Waals surface area contributed by atoms with E-state index in [2.05, 4.69) is 15.3 Å². The van der Waals surface area contributed by atoms with Crippen LogP contribution in [0.15, 0.2) is 29.1 Å². The van der Waals surface area contributed by atoms with Gasteiger partial charge in [0.25, 0.3) is 5.56 Å². The quantitative estimate of drug-likeness (QED) is 0.882. The van der Waals surface area contributed by atoms with Gasteiger partial charge in [-0.05, 0) is 43.5 Å². The zero-order valence-corrected chi connectivity index (χ0v) is 12.3. The zero-order valence-electron chi connectivity index (χ0n) is 12.3. The van der Waals surface area contributed by atoms with Crippen molar-refractivity contribution in [1.29, 1.82) is 0 Å². The standard InChI is InChI=1S/C16H19N3O2/c1-10-7-11(3-6-14(10)21-2)16-18-13(8-15(20)19-16)9-17-12-4-5-12/h3,6-8,12,17H,4-5,9H2,1-2H3,(H,18,19,20). The molecule has 1 saturated carbocycles. The van der Waals surface area contributed by atoms with Crippen LogP contribution in [0.3, 0.4) is 0 Å². The molecule has 5 nitrogen and oxygen atoms in total. The number of hydrogen-bond acceptors (Lipinski definition) is 4. The van der Waals surface area contributed by atoms with Gasteiger partial charge in [-0.25, -0.2) is 4.98 Å². The Labute approximate surface area is 123 Å². The molecule has 0 saturated heterocycles. The average molecular weight is 285 g/mol. The number of H-pyrrole nitrogens is 1. The lowest BCUT2D eigenvalue weighted by Crippen LogP contribution is -2.19. The van der Waals surface area contributed by atoms with Gasteiger partial charge in [-0.2, -0.15) is 0 Å². The predicted molar refractivity (Wildman–Crippen MR) is 81.4 cm³/mol. The second-order valence-corrected chi connectivity index (χ2v) is 5.42. The molecule has 1 fully saturated rings. The summed E-state index contributed by atoms with van der Waals surface area (Å²) in [6.45, 7) is 2.61. The first kappa shape index (κ1) is 13.8. The smallest absolute Gasteiger partial charge is 0.251 e. The zero-order chi connectivity index (χ0) is 14.8. The molecule has 1 aliphatic carbocycles. The largest absolute Gasteiger partial charge is 0.496 e. The van der Waals surface area contributed by atoms with Crippen LogP contribution in [-0.2, 0) is 6.54 Å². The number of nitrogens with zero attached hydrogens (tertiary/aromatic N) is 1. The highest BCUT2D eigenvalue weighted by Gasteiger charge is 2.20. The molecule has 2 aromatic rings. The Balaban J connectivity index is 1.89. The maximum absolute atomic E-state index is 11.8. The summed E-state index contributed by atoms with van der Waals surface area (Å²) in [6, 6.07) is 7.91. The molecule has 5 heteroatoms. The van der Waals surface area contributed by atoms with Gasteiger partial charge in [0.2, 0.25) is 0 Å². The normalized spacial score (nSPS) is 14.2. The molecule has 0 bridgehead atoms. The number of aryl methyl sites for hydroxylation is 1. The van der Waals surface area contributed by atoms with Crippen LogP contribution in [0.5, 0.6) is 5.75 Å². The molecule has 0 unspecified atom stereocenters. The van der Waals surface area contributed by atoms with Crippen molar-refractivity contribution in [3.63, 3.8) is 0 Å². The summed E-state index contributed by atoms with van der Waals surface area (Å²) in [4.78, 5) is 19.1. The number of ether oxygens (including phenoxy) is 1. The molecule has 1 aromatic heterocycles. The highest BCUT2D eigenvalue weighted by Crippen LogP contribution is 2.23. The lowest BCUT2D eigenvalue weighted by atomic mass is 10.1. The topological polar surface area (TPSA) is 67.0 Å². The number of aromatic nitrogens is 2. The maximum atomic E-state index is 11.8. The number of benzene rings is 1. The Morgan fingerprint density at radius 1 is 1.38 bits per heavy atom. The van der Waals surface area contributed by atoms with E-state index in [1.165, 1.54) is 12.8 Å². The van der Waals surface area contributed by atoms with Gasteiger partial charge in [-0.3, -0.25) is 4.79 Å². The summed E-state index contributed by atoms with van der Waals surface area (Å²) in [5.74, 6) is 1.42. The van der Waals surface area contributed by atoms with Gasteiger partial charge < -0.3 is 15.0 Å². The van der Waals surface area contributed by atoms with E-state index in [1.54, 1.807) is 13.2 Å². The number of hydrogen-bond donors (Lipinski definition) is 2. The van der Waals surface area contributed by atoms with E-state index in [4.69, 9.17) is 4.74 Å². The molecule has 0 aliphatic heterocycles. The second kappa shape index (κ2) is 5.69. The molecular weight excluding hydrogens is 266 g/mol. The lowest BCUT2D eigenvalue weighted by molar-refractivity contribution is 0.412. The third kappa shape index (κ3) is 3.31. The summed E-state index contributed by atoms with van der Waals surface area (Å²) in [7, 11) is 1.65. The molecule has 0 amide bonds. The molecule has 3 rings (SSSR count). The highest BCUT2D eigenvalue weighted by atomic mass is 16.5. The van der Waals surface area contributed by atoms with E-state index in [0.717, 1.165) is 22.6 Å². The van der Waals surface area contributed by atoms with E-state index < -0.39 is 0 Å². The van der Waals surface area contributed by atoms with Crippen molar-refractivity contribution in [1.82, 2.24) is 15.3 Å². The monoisotopic (exact) mass is 285 g/mol. The summed E-state index contributed by atoms with van der Waals surface area (Å²) >= 11 is 0. The van der Waals surface area contributed by atoms with E-state index in [1.807, 2.05) is 25.1 Å². The number of nitrogens with one attached hydrogen (secondary N) is 2. The first-order chi connectivity index (χ1) is 10.2. The molecule has 1 aromatic carbocycles. The molecule has 2 N–H and O–H groups in total. The summed E-state index contributed by atoms with van der Waals surface area (Å²) < 4.78 is 5.25. The number of rotatable bonds is 5. The Kier molecular flexibility index (Phi) is 3.75. The van der Waals surface area contributed by atoms with Crippen molar-refractivity contribution in [3.8, 4) is 17.1 Å². The van der Waals surface area contributed by atoms with Crippen LogP contribution in [-0.4, -0.2) is 23.1 Å². The molecule has 21 heavy (non-hydrogen) atoms. The molecule has 0 spiro atoms. The van der Waals surface area contributed by atoms with Crippen molar-refractivity contribution in [3.05, 3.63) is 45.9 Å². The van der Waals surface area contributed by atoms with Crippen LogP contribution in [0.1, 0.15) is 24.1 Å². The van der Waals surface area contributed by atoms with Crippen molar-refractivity contribution < 1.29 is 4.74 Å². The van der Waals surface area contributed by atoms with Gasteiger partial charge in [0.15, 0.2) is 0 Å². The lowest BCUT2D eigenvalue weighted by Gasteiger charge is -2.08. The minimum Gasteiger partial charge on any atom is -0.496 e. The van der Waals surface area contributed by atoms with E-state index >= 15 is 0 Å². The van der Waals surface area contributed by atoms with Crippen molar-refractivity contribution in [2.24, 2.45) is 0 Å². The van der Waals surface area contributed by atoms with Gasteiger partial charge in [-0.15, -0.1) is 0 Å². The minimum absolute atomic E-state index is 0.124. The first-order valence-corrected chi connectivity index (χ1v) is 7.14. The van der Waals surface area contributed by atoms with Crippen LogP contribution in [0.25, 0.3) is 11.4 Å². The summed E-state index contributed by atoms with van der Waals surface area (Å²) in [5, 5.41) is 3.37. The fourth-order valence-corrected chi connectivity index (χ4v) is 2.30. The Bertz CT molecular complexity index is 705. The van der Waals surface area contributed by atoms with Crippen molar-refractivity contribution >= 4 is 0 Å². The Hall–Kier alpha value is -2.14. The molecular formula is C16H19N3O2. The van der Waals surface area contributed by atoms with Crippen molar-refractivity contribution in [2.75, 3.05) is 7.11 Å². The molecule has 110 valence electrons. The minimum atomic E-state index is -0.124. The van der Waals surface area contributed by atoms with Gasteiger partial charge in [0.05, 0.1) is 12.8 Å². The first-order valence-electron chi connectivity index (χ1n) is 7.14. The fourth-order valence-electron chi connectivity index (χ4n) is 2.30. The predicted octanol–water partition coefficient (Wildman–Crippen LogP) is 2.01. The van der Waals surface area contributed by atoms with Gasteiger partial charge in [-0.1, -0.05) is 0 Å². The summed E-state index contributed by atoms with van der Waals surface area (Å²) in [5.41, 5.74) is 2.55. The Morgan fingerprint density at radius 3 is 2.86 bits per heavy atom. The van der Waals surface area contributed by atoms with Gasteiger partial charge in [0.1, 0.15) is 11.6 Å². The summed E-state index contributed by atoms with van der Waals surface area (Å²) in [6.07, 6.45) is 2.43. The SMILES string of the molecule is COc1ccc(-c2nc(CNC3CC3)cc(=O)[nH]2)cc1C. The molecule has 0 atom stereocenters. The van der Waals surface area contributed by atoms with Crippen LogP contribution in [0.4, 0.5) is 0 Å². The van der Waals surface area contributed by atoms with Crippen LogP contribution < -0.4 is 15.6 Å². The van der Waals surface area contributed by atoms with Crippen LogP contribution >= 0.6 is 0 Å². The molecule has 1 aliphatic rings. The third-order valence-corrected chi connectivity index (χ3v) is 3.61. The van der Waals surface area contributed by atoms with Crippen molar-refractivity contribution in [2.45, 2.75) is 32.4 Å². The Morgan fingerprint density at radius 2 is 2.19 bits per heavy atom. The average Bonchev–Trinajstić information content (AvgIpc) is 3.28. The van der Waals surface area contributed by atoms with Gasteiger partial charge in [0, 0.05) is 24.2 Å².